The second-order valence-corrected chi connectivity index (χ2v) is 6.40. The molecular formula is C14H11BrCl2N2O. The zero-order valence-corrected chi connectivity index (χ0v) is 13.8. The highest BCUT2D eigenvalue weighted by Crippen LogP contribution is 2.41. The van der Waals surface area contributed by atoms with Crippen molar-refractivity contribution in [3.63, 3.8) is 0 Å². The van der Waals surface area contributed by atoms with E-state index in [4.69, 9.17) is 27.9 Å². The van der Waals surface area contributed by atoms with Crippen LogP contribution in [-0.4, -0.2) is 9.97 Å². The van der Waals surface area contributed by atoms with Crippen LogP contribution in [0.4, 0.5) is 0 Å². The lowest BCUT2D eigenvalue weighted by Gasteiger charge is -2.11. The van der Waals surface area contributed by atoms with Crippen LogP contribution in [0.3, 0.4) is 0 Å². The van der Waals surface area contributed by atoms with Gasteiger partial charge in [-0.25, -0.2) is 4.98 Å². The molecule has 0 bridgehead atoms. The fourth-order valence-corrected chi connectivity index (χ4v) is 2.70. The van der Waals surface area contributed by atoms with Gasteiger partial charge in [-0.1, -0.05) is 23.2 Å². The predicted octanol–water partition coefficient (Wildman–Crippen LogP) is 5.52. The second-order valence-electron chi connectivity index (χ2n) is 4.75. The maximum absolute atomic E-state index is 6.16. The Labute approximate surface area is 135 Å². The summed E-state index contributed by atoms with van der Waals surface area (Å²) in [5.74, 6) is 2.33. The Morgan fingerprint density at radius 1 is 1.25 bits per heavy atom. The van der Waals surface area contributed by atoms with Gasteiger partial charge in [0.1, 0.15) is 16.7 Å². The zero-order chi connectivity index (χ0) is 14.3. The van der Waals surface area contributed by atoms with Crippen LogP contribution in [0.5, 0.6) is 11.6 Å². The predicted molar refractivity (Wildman–Crippen MR) is 83.0 cm³/mol. The molecule has 1 aliphatic carbocycles. The number of nitrogens with zero attached hydrogens (tertiary/aromatic N) is 2. The molecule has 3 nitrogen and oxygen atoms in total. The molecule has 1 aromatic carbocycles. The van der Waals surface area contributed by atoms with Crippen molar-refractivity contribution in [2.75, 3.05) is 0 Å². The first-order valence-electron chi connectivity index (χ1n) is 6.21. The lowest BCUT2D eigenvalue weighted by Crippen LogP contribution is -2.00. The van der Waals surface area contributed by atoms with Crippen LogP contribution in [0.15, 0.2) is 22.7 Å². The molecule has 2 aromatic rings. The highest BCUT2D eigenvalue weighted by Gasteiger charge is 2.28. The lowest BCUT2D eigenvalue weighted by atomic mass is 10.3. The SMILES string of the molecule is Cc1c(Cl)nc(C2CC2)nc1Oc1ccc(Cl)cc1Br. The van der Waals surface area contributed by atoms with Crippen LogP contribution in [-0.2, 0) is 0 Å². The highest BCUT2D eigenvalue weighted by atomic mass is 79.9. The number of halogens is 3. The molecule has 20 heavy (non-hydrogen) atoms. The van der Waals surface area contributed by atoms with Crippen LogP contribution in [0, 0.1) is 6.92 Å². The minimum absolute atomic E-state index is 0.420. The van der Waals surface area contributed by atoms with Crippen molar-refractivity contribution in [2.24, 2.45) is 0 Å². The minimum atomic E-state index is 0.420. The number of hydrogen-bond acceptors (Lipinski definition) is 3. The van der Waals surface area contributed by atoms with Gasteiger partial charge >= 0.3 is 0 Å². The zero-order valence-electron chi connectivity index (χ0n) is 10.7. The van der Waals surface area contributed by atoms with Gasteiger partial charge in [-0.15, -0.1) is 0 Å². The van der Waals surface area contributed by atoms with E-state index in [0.717, 1.165) is 28.7 Å². The Morgan fingerprint density at radius 2 is 2.00 bits per heavy atom. The molecule has 1 heterocycles. The van der Waals surface area contributed by atoms with Gasteiger partial charge in [-0.05, 0) is 53.9 Å². The Balaban J connectivity index is 1.97. The number of benzene rings is 1. The molecule has 0 radical (unpaired) electrons. The van der Waals surface area contributed by atoms with Gasteiger partial charge in [0.05, 0.1) is 4.47 Å². The van der Waals surface area contributed by atoms with E-state index in [-0.39, 0.29) is 0 Å². The molecule has 1 fully saturated rings. The third-order valence-corrected chi connectivity index (χ3v) is 4.32. The van der Waals surface area contributed by atoms with Gasteiger partial charge in [0.2, 0.25) is 5.88 Å². The van der Waals surface area contributed by atoms with Crippen LogP contribution >= 0.6 is 39.1 Å². The monoisotopic (exact) mass is 372 g/mol. The molecule has 0 spiro atoms. The molecule has 0 unspecified atom stereocenters. The molecule has 0 N–H and O–H groups in total. The van der Waals surface area contributed by atoms with Crippen molar-refractivity contribution >= 4 is 39.1 Å². The van der Waals surface area contributed by atoms with Crippen molar-refractivity contribution in [3.05, 3.63) is 44.2 Å². The van der Waals surface area contributed by atoms with Gasteiger partial charge in [0.15, 0.2) is 0 Å². The molecule has 0 aliphatic heterocycles. The maximum Gasteiger partial charge on any atom is 0.227 e. The molecule has 1 saturated carbocycles. The van der Waals surface area contributed by atoms with Gasteiger partial charge in [-0.3, -0.25) is 0 Å². The fourth-order valence-electron chi connectivity index (χ4n) is 1.77. The largest absolute Gasteiger partial charge is 0.437 e. The summed E-state index contributed by atoms with van der Waals surface area (Å²) < 4.78 is 6.62. The summed E-state index contributed by atoms with van der Waals surface area (Å²) in [7, 11) is 0. The van der Waals surface area contributed by atoms with E-state index in [9.17, 15) is 0 Å². The normalized spacial score (nSPS) is 14.4. The lowest BCUT2D eigenvalue weighted by molar-refractivity contribution is 0.451. The summed E-state index contributed by atoms with van der Waals surface area (Å²) in [6.07, 6.45) is 2.23. The summed E-state index contributed by atoms with van der Waals surface area (Å²) in [5, 5.41) is 1.09. The summed E-state index contributed by atoms with van der Waals surface area (Å²) in [6, 6.07) is 5.33. The fraction of sp³-hybridized carbons (Fsp3) is 0.286. The van der Waals surface area contributed by atoms with Crippen molar-refractivity contribution in [1.29, 1.82) is 0 Å². The van der Waals surface area contributed by atoms with Crippen LogP contribution in [0.25, 0.3) is 0 Å². The Kier molecular flexibility index (Phi) is 3.89. The van der Waals surface area contributed by atoms with Gasteiger partial charge < -0.3 is 4.74 Å². The quantitative estimate of drug-likeness (QED) is 0.664. The third-order valence-electron chi connectivity index (χ3n) is 3.10. The number of ether oxygens (including phenoxy) is 1. The van der Waals surface area contributed by atoms with Crippen molar-refractivity contribution in [3.8, 4) is 11.6 Å². The topological polar surface area (TPSA) is 35.0 Å². The van der Waals surface area contributed by atoms with E-state index in [2.05, 4.69) is 25.9 Å². The van der Waals surface area contributed by atoms with Gasteiger partial charge in [0.25, 0.3) is 0 Å². The molecule has 6 heteroatoms. The maximum atomic E-state index is 6.16. The Bertz CT molecular complexity index is 674. The molecular weight excluding hydrogens is 363 g/mol. The third kappa shape index (κ3) is 2.92. The van der Waals surface area contributed by atoms with E-state index in [1.807, 2.05) is 6.92 Å². The van der Waals surface area contributed by atoms with Gasteiger partial charge in [0, 0.05) is 16.5 Å². The van der Waals surface area contributed by atoms with Crippen molar-refractivity contribution in [2.45, 2.75) is 25.7 Å². The minimum Gasteiger partial charge on any atom is -0.437 e. The molecule has 0 saturated heterocycles. The Morgan fingerprint density at radius 3 is 2.65 bits per heavy atom. The average molecular weight is 374 g/mol. The standard InChI is InChI=1S/C14H11BrCl2N2O/c1-7-12(17)18-13(8-2-3-8)19-14(7)20-11-5-4-9(16)6-10(11)15/h4-6,8H,2-3H2,1H3. The van der Waals surface area contributed by atoms with E-state index in [0.29, 0.717) is 27.7 Å². The number of rotatable bonds is 3. The number of hydrogen-bond donors (Lipinski definition) is 0. The molecule has 1 aromatic heterocycles. The van der Waals surface area contributed by atoms with Gasteiger partial charge in [-0.2, -0.15) is 4.98 Å². The molecule has 104 valence electrons. The van der Waals surface area contributed by atoms with E-state index in [1.165, 1.54) is 0 Å². The van der Waals surface area contributed by atoms with E-state index < -0.39 is 0 Å². The highest BCUT2D eigenvalue weighted by molar-refractivity contribution is 9.10. The summed E-state index contributed by atoms with van der Waals surface area (Å²) in [6.45, 7) is 1.85. The second kappa shape index (κ2) is 5.51. The van der Waals surface area contributed by atoms with Crippen LogP contribution < -0.4 is 4.74 Å². The summed E-state index contributed by atoms with van der Waals surface area (Å²) in [4.78, 5) is 8.80. The Hall–Kier alpha value is -0.840. The first-order chi connectivity index (χ1) is 9.54. The first kappa shape index (κ1) is 14.1. The van der Waals surface area contributed by atoms with Crippen LogP contribution in [0.2, 0.25) is 10.2 Å². The smallest absolute Gasteiger partial charge is 0.227 e. The van der Waals surface area contributed by atoms with Crippen LogP contribution in [0.1, 0.15) is 30.1 Å². The number of aromatic nitrogens is 2. The summed E-state index contributed by atoms with van der Waals surface area (Å²) in [5.41, 5.74) is 0.734. The van der Waals surface area contributed by atoms with Crippen molar-refractivity contribution in [1.82, 2.24) is 9.97 Å². The average Bonchev–Trinajstić information content (AvgIpc) is 3.22. The van der Waals surface area contributed by atoms with Crippen molar-refractivity contribution < 1.29 is 4.74 Å². The first-order valence-corrected chi connectivity index (χ1v) is 7.76. The van der Waals surface area contributed by atoms with E-state index >= 15 is 0 Å². The summed E-state index contributed by atoms with van der Waals surface area (Å²) >= 11 is 15.5. The van der Waals surface area contributed by atoms with E-state index in [1.54, 1.807) is 18.2 Å². The molecule has 0 atom stereocenters. The molecule has 0 amide bonds. The molecule has 3 rings (SSSR count). The molecule has 1 aliphatic rings.